The Morgan fingerprint density at radius 3 is 2.00 bits per heavy atom. The van der Waals surface area contributed by atoms with Crippen LogP contribution in [-0.2, 0) is 25.6 Å². The highest BCUT2D eigenvalue weighted by molar-refractivity contribution is 6.14. The van der Waals surface area contributed by atoms with Gasteiger partial charge in [-0.3, -0.25) is 9.63 Å². The van der Waals surface area contributed by atoms with Gasteiger partial charge in [0.2, 0.25) is 5.91 Å². The average molecular weight is 390 g/mol. The summed E-state index contributed by atoms with van der Waals surface area (Å²) < 4.78 is 4.64. The Labute approximate surface area is 159 Å². The van der Waals surface area contributed by atoms with E-state index in [4.69, 9.17) is 10.6 Å². The SMILES string of the molecule is CCOC(=O)CONC(=O)Cc1ccc2c(C(=O)O)c(N)c(C(=O)O)c-2cc1. The first-order valence-corrected chi connectivity index (χ1v) is 8.13. The number of fused-ring (bicyclic) bond motifs is 1. The zero-order valence-electron chi connectivity index (χ0n) is 14.9. The zero-order valence-corrected chi connectivity index (χ0v) is 14.9. The van der Waals surface area contributed by atoms with E-state index in [0.29, 0.717) is 5.56 Å². The molecule has 0 aromatic carbocycles. The van der Waals surface area contributed by atoms with Crippen molar-refractivity contribution in [3.05, 3.63) is 41.0 Å². The van der Waals surface area contributed by atoms with Gasteiger partial charge >= 0.3 is 17.9 Å². The number of ether oxygens (including phenoxy) is 1. The van der Waals surface area contributed by atoms with Crippen LogP contribution in [0.15, 0.2) is 24.3 Å². The van der Waals surface area contributed by atoms with Gasteiger partial charge in [-0.1, -0.05) is 24.3 Å². The summed E-state index contributed by atoms with van der Waals surface area (Å²) >= 11 is 0. The van der Waals surface area contributed by atoms with Crippen LogP contribution in [0.25, 0.3) is 11.1 Å². The van der Waals surface area contributed by atoms with Crippen molar-refractivity contribution >= 4 is 29.5 Å². The minimum absolute atomic E-state index is 0.146. The van der Waals surface area contributed by atoms with E-state index in [1.54, 1.807) is 6.92 Å². The lowest BCUT2D eigenvalue weighted by molar-refractivity contribution is -0.154. The van der Waals surface area contributed by atoms with E-state index in [2.05, 4.69) is 10.2 Å². The molecule has 0 bridgehead atoms. The Bertz CT molecular complexity index is 857. The van der Waals surface area contributed by atoms with Crippen LogP contribution in [0.1, 0.15) is 33.2 Å². The fraction of sp³-hybridized carbons (Fsp3) is 0.222. The molecule has 0 radical (unpaired) electrons. The molecule has 0 heterocycles. The Morgan fingerprint density at radius 1 is 1.00 bits per heavy atom. The van der Waals surface area contributed by atoms with Crippen LogP contribution in [0, 0.1) is 0 Å². The smallest absolute Gasteiger partial charge is 0.338 e. The molecule has 0 atom stereocenters. The number of rotatable bonds is 8. The summed E-state index contributed by atoms with van der Waals surface area (Å²) in [6.45, 7) is 1.38. The standard InChI is InChI=1S/C18H18N2O8/c1-2-27-13(22)8-28-20-12(21)7-9-3-5-10-11(6-4-9)15(18(25)26)16(19)14(10)17(23)24/h3-6H,2,7-8,19H2,1H3,(H,20,21)(H,23,24)(H,25,26). The highest BCUT2D eigenvalue weighted by Gasteiger charge is 2.28. The molecule has 2 rings (SSSR count). The number of amides is 1. The molecule has 10 nitrogen and oxygen atoms in total. The molecule has 0 saturated heterocycles. The average Bonchev–Trinajstić information content (AvgIpc) is 2.75. The molecule has 0 unspecified atom stereocenters. The fourth-order valence-corrected chi connectivity index (χ4v) is 2.65. The predicted molar refractivity (Wildman–Crippen MR) is 95.8 cm³/mol. The summed E-state index contributed by atoms with van der Waals surface area (Å²) in [6, 6.07) is 5.74. The third kappa shape index (κ3) is 4.54. The lowest BCUT2D eigenvalue weighted by Gasteiger charge is -2.05. The van der Waals surface area contributed by atoms with Gasteiger partial charge in [0.15, 0.2) is 6.61 Å². The maximum atomic E-state index is 11.9. The number of anilines is 1. The molecule has 1 amide bonds. The molecule has 0 aromatic rings. The molecule has 28 heavy (non-hydrogen) atoms. The van der Waals surface area contributed by atoms with Crippen LogP contribution < -0.4 is 11.2 Å². The van der Waals surface area contributed by atoms with E-state index in [0.717, 1.165) is 0 Å². The maximum Gasteiger partial charge on any atom is 0.338 e. The van der Waals surface area contributed by atoms with Crippen molar-refractivity contribution < 1.29 is 39.0 Å². The second kappa shape index (κ2) is 8.82. The Hall–Kier alpha value is -3.66. The number of hydroxylamine groups is 1. The topological polar surface area (TPSA) is 165 Å². The lowest BCUT2D eigenvalue weighted by atomic mass is 10.1. The van der Waals surface area contributed by atoms with Crippen LogP contribution in [0.2, 0.25) is 0 Å². The molecular formula is C18H18N2O8. The van der Waals surface area contributed by atoms with Gasteiger partial charge in [0.25, 0.3) is 0 Å². The number of nitrogen functional groups attached to an aromatic ring is 1. The molecule has 0 aromatic heterocycles. The number of aromatic carboxylic acids is 2. The van der Waals surface area contributed by atoms with Crippen molar-refractivity contribution in [2.45, 2.75) is 13.3 Å². The first-order valence-electron chi connectivity index (χ1n) is 8.13. The summed E-state index contributed by atoms with van der Waals surface area (Å²) in [6.07, 6.45) is -0.152. The third-order valence-corrected chi connectivity index (χ3v) is 3.77. The van der Waals surface area contributed by atoms with E-state index in [1.807, 2.05) is 0 Å². The van der Waals surface area contributed by atoms with Crippen LogP contribution in [0.3, 0.4) is 0 Å². The molecule has 2 aliphatic carbocycles. The van der Waals surface area contributed by atoms with Crippen molar-refractivity contribution in [2.75, 3.05) is 18.9 Å². The number of nitrogens with one attached hydrogen (secondary N) is 1. The van der Waals surface area contributed by atoms with Gasteiger partial charge in [-0.2, -0.15) is 0 Å². The largest absolute Gasteiger partial charge is 0.478 e. The van der Waals surface area contributed by atoms with Crippen molar-refractivity contribution in [3.8, 4) is 11.1 Å². The van der Waals surface area contributed by atoms with Crippen LogP contribution in [0.5, 0.6) is 0 Å². The summed E-state index contributed by atoms with van der Waals surface area (Å²) in [4.78, 5) is 50.7. The zero-order chi connectivity index (χ0) is 20.8. The molecular weight excluding hydrogens is 372 g/mol. The molecule has 5 N–H and O–H groups in total. The van der Waals surface area contributed by atoms with E-state index in [1.165, 1.54) is 24.3 Å². The van der Waals surface area contributed by atoms with Gasteiger partial charge in [-0.25, -0.2) is 19.9 Å². The molecule has 0 fully saturated rings. The molecule has 2 aliphatic rings. The first-order chi connectivity index (χ1) is 13.3. The minimum Gasteiger partial charge on any atom is -0.478 e. The summed E-state index contributed by atoms with van der Waals surface area (Å²) in [5.74, 6) is -3.90. The van der Waals surface area contributed by atoms with Gasteiger partial charge in [-0.15, -0.1) is 0 Å². The highest BCUT2D eigenvalue weighted by Crippen LogP contribution is 2.38. The minimum atomic E-state index is -1.35. The second-order valence-electron chi connectivity index (χ2n) is 5.64. The van der Waals surface area contributed by atoms with Gasteiger partial charge < -0.3 is 20.7 Å². The van der Waals surface area contributed by atoms with Crippen LogP contribution in [-0.4, -0.2) is 47.2 Å². The number of carbonyl (C=O) groups is 4. The highest BCUT2D eigenvalue weighted by atomic mass is 16.7. The number of hydrogen-bond acceptors (Lipinski definition) is 7. The number of carboxylic acid groups (broad SMARTS) is 2. The number of hydrogen-bond donors (Lipinski definition) is 4. The van der Waals surface area contributed by atoms with Crippen molar-refractivity contribution in [2.24, 2.45) is 0 Å². The second-order valence-corrected chi connectivity index (χ2v) is 5.64. The van der Waals surface area contributed by atoms with Gasteiger partial charge in [0.1, 0.15) is 0 Å². The third-order valence-electron chi connectivity index (χ3n) is 3.77. The summed E-state index contributed by atoms with van der Waals surface area (Å²) in [5, 5.41) is 18.7. The van der Waals surface area contributed by atoms with E-state index in [-0.39, 0.29) is 41.0 Å². The van der Waals surface area contributed by atoms with Gasteiger partial charge in [-0.05, 0) is 23.6 Å². The van der Waals surface area contributed by atoms with Crippen LogP contribution in [0.4, 0.5) is 5.69 Å². The molecule has 0 spiro atoms. The predicted octanol–water partition coefficient (Wildman–Crippen LogP) is 0.923. The molecule has 0 saturated carbocycles. The molecule has 10 heteroatoms. The Kier molecular flexibility index (Phi) is 6.51. The number of esters is 1. The van der Waals surface area contributed by atoms with Crippen LogP contribution >= 0.6 is 0 Å². The number of carbonyl (C=O) groups excluding carboxylic acids is 2. The van der Waals surface area contributed by atoms with E-state index < -0.39 is 30.4 Å². The monoisotopic (exact) mass is 390 g/mol. The Balaban J connectivity index is 2.21. The van der Waals surface area contributed by atoms with Crippen molar-refractivity contribution in [1.29, 1.82) is 0 Å². The lowest BCUT2D eigenvalue weighted by Crippen LogP contribution is -2.28. The van der Waals surface area contributed by atoms with Gasteiger partial charge in [0.05, 0.1) is 29.8 Å². The van der Waals surface area contributed by atoms with Crippen molar-refractivity contribution in [3.63, 3.8) is 0 Å². The van der Waals surface area contributed by atoms with E-state index >= 15 is 0 Å². The van der Waals surface area contributed by atoms with Gasteiger partial charge in [0, 0.05) is 0 Å². The quantitative estimate of drug-likeness (QED) is 0.379. The fourth-order valence-electron chi connectivity index (χ4n) is 2.65. The number of carboxylic acids is 2. The Morgan fingerprint density at radius 2 is 1.54 bits per heavy atom. The van der Waals surface area contributed by atoms with E-state index in [9.17, 15) is 29.4 Å². The normalized spacial score (nSPS) is 10.5. The molecule has 148 valence electrons. The first kappa shape index (κ1) is 20.6. The number of nitrogens with two attached hydrogens (primary N) is 1. The maximum absolute atomic E-state index is 11.9. The van der Waals surface area contributed by atoms with Crippen molar-refractivity contribution in [1.82, 2.24) is 5.48 Å². The summed E-state index contributed by atoms with van der Waals surface area (Å²) in [7, 11) is 0. The summed E-state index contributed by atoms with van der Waals surface area (Å²) in [5.41, 5.74) is 7.59. The molecule has 0 aliphatic heterocycles.